The van der Waals surface area contributed by atoms with E-state index in [1.165, 1.54) is 0 Å². The zero-order chi connectivity index (χ0) is 11.6. The van der Waals surface area contributed by atoms with Gasteiger partial charge in [0.05, 0.1) is 6.61 Å². The number of hydrogen-bond donors (Lipinski definition) is 1. The van der Waals surface area contributed by atoms with Crippen molar-refractivity contribution >= 4 is 0 Å². The Balaban J connectivity index is 2.32. The zero-order valence-electron chi connectivity index (χ0n) is 9.90. The quantitative estimate of drug-likeness (QED) is 0.851. The van der Waals surface area contributed by atoms with Crippen molar-refractivity contribution < 1.29 is 9.47 Å². The number of nitrogens with two attached hydrogens (primary N) is 1. The van der Waals surface area contributed by atoms with Gasteiger partial charge in [-0.05, 0) is 12.5 Å². The molecule has 2 rings (SSSR count). The first-order valence-corrected chi connectivity index (χ1v) is 5.73. The Kier molecular flexibility index (Phi) is 3.17. The molecule has 0 bridgehead atoms. The fraction of sp³-hybridized carbons (Fsp3) is 0.538. The van der Waals surface area contributed by atoms with E-state index in [1.54, 1.807) is 7.11 Å². The minimum atomic E-state index is -0.261. The molecule has 0 fully saturated rings. The fourth-order valence-electron chi connectivity index (χ4n) is 2.34. The van der Waals surface area contributed by atoms with Gasteiger partial charge in [-0.15, -0.1) is 0 Å². The molecule has 0 radical (unpaired) electrons. The summed E-state index contributed by atoms with van der Waals surface area (Å²) in [6, 6.07) is 8.03. The summed E-state index contributed by atoms with van der Waals surface area (Å²) < 4.78 is 11.3. The number of ether oxygens (including phenoxy) is 2. The van der Waals surface area contributed by atoms with Gasteiger partial charge >= 0.3 is 0 Å². The maximum absolute atomic E-state index is 6.19. The van der Waals surface area contributed by atoms with Crippen LogP contribution in [0.1, 0.15) is 31.4 Å². The second kappa shape index (κ2) is 4.44. The molecule has 2 N–H and O–H groups in total. The molecule has 0 amide bonds. The summed E-state index contributed by atoms with van der Waals surface area (Å²) in [5.41, 5.74) is 7.03. The third-order valence-corrected chi connectivity index (χ3v) is 3.29. The minimum Gasteiger partial charge on any atom is -0.484 e. The summed E-state index contributed by atoms with van der Waals surface area (Å²) in [7, 11) is 1.70. The number of hydrogen-bond acceptors (Lipinski definition) is 3. The Morgan fingerprint density at radius 2 is 2.25 bits per heavy atom. The molecule has 1 aliphatic heterocycles. The molecule has 3 heteroatoms. The molecule has 88 valence electrons. The normalized spacial score (nSPS) is 28.3. The lowest BCUT2D eigenvalue weighted by Crippen LogP contribution is -2.46. The summed E-state index contributed by atoms with van der Waals surface area (Å²) in [5.74, 6) is 0.903. The second-order valence-electron chi connectivity index (χ2n) is 4.42. The van der Waals surface area contributed by atoms with Gasteiger partial charge < -0.3 is 15.2 Å². The molecule has 0 spiro atoms. The molecule has 0 aliphatic carbocycles. The Labute approximate surface area is 96.5 Å². The Hall–Kier alpha value is -1.06. The Bertz CT molecular complexity index is 367. The third kappa shape index (κ3) is 1.93. The average Bonchev–Trinajstić information content (AvgIpc) is 2.29. The lowest BCUT2D eigenvalue weighted by Gasteiger charge is -2.40. The van der Waals surface area contributed by atoms with Crippen LogP contribution < -0.4 is 10.5 Å². The van der Waals surface area contributed by atoms with Gasteiger partial charge in [-0.3, -0.25) is 0 Å². The molecule has 16 heavy (non-hydrogen) atoms. The maximum atomic E-state index is 6.19. The van der Waals surface area contributed by atoms with Crippen LogP contribution in [-0.2, 0) is 4.74 Å². The predicted octanol–water partition coefficient (Wildman–Crippen LogP) is 2.26. The molecule has 1 aromatic carbocycles. The van der Waals surface area contributed by atoms with Crippen molar-refractivity contribution in [2.45, 2.75) is 31.4 Å². The number of benzene rings is 1. The average molecular weight is 221 g/mol. The topological polar surface area (TPSA) is 44.5 Å². The van der Waals surface area contributed by atoms with E-state index in [0.29, 0.717) is 6.61 Å². The van der Waals surface area contributed by atoms with Gasteiger partial charge in [0.1, 0.15) is 11.4 Å². The minimum absolute atomic E-state index is 0.0417. The van der Waals surface area contributed by atoms with Crippen LogP contribution in [-0.4, -0.2) is 19.3 Å². The molecular formula is C13H19NO2. The summed E-state index contributed by atoms with van der Waals surface area (Å²) in [6.45, 7) is 2.70. The molecule has 0 saturated carbocycles. The van der Waals surface area contributed by atoms with Gasteiger partial charge in [0.15, 0.2) is 0 Å². The van der Waals surface area contributed by atoms with Crippen molar-refractivity contribution in [1.29, 1.82) is 0 Å². The van der Waals surface area contributed by atoms with Crippen molar-refractivity contribution in [1.82, 2.24) is 0 Å². The summed E-state index contributed by atoms with van der Waals surface area (Å²) in [6.07, 6.45) is 1.72. The summed E-state index contributed by atoms with van der Waals surface area (Å²) in [4.78, 5) is 0. The van der Waals surface area contributed by atoms with Gasteiger partial charge in [0.25, 0.3) is 0 Å². The first-order valence-electron chi connectivity index (χ1n) is 5.73. The van der Waals surface area contributed by atoms with Crippen LogP contribution in [0.2, 0.25) is 0 Å². The predicted molar refractivity (Wildman–Crippen MR) is 63.5 cm³/mol. The van der Waals surface area contributed by atoms with Crippen LogP contribution in [0.25, 0.3) is 0 Å². The molecule has 1 aromatic rings. The highest BCUT2D eigenvalue weighted by Crippen LogP contribution is 2.39. The third-order valence-electron chi connectivity index (χ3n) is 3.29. The van der Waals surface area contributed by atoms with E-state index in [4.69, 9.17) is 15.2 Å². The summed E-state index contributed by atoms with van der Waals surface area (Å²) >= 11 is 0. The van der Waals surface area contributed by atoms with Crippen LogP contribution in [0, 0.1) is 0 Å². The molecule has 2 atom stereocenters. The highest BCUT2D eigenvalue weighted by atomic mass is 16.5. The highest BCUT2D eigenvalue weighted by Gasteiger charge is 2.38. The number of methoxy groups -OCH3 is 1. The van der Waals surface area contributed by atoms with Gasteiger partial charge in [-0.1, -0.05) is 25.1 Å². The summed E-state index contributed by atoms with van der Waals surface area (Å²) in [5, 5.41) is 0. The molecule has 1 aliphatic rings. The Morgan fingerprint density at radius 1 is 1.50 bits per heavy atom. The van der Waals surface area contributed by atoms with Gasteiger partial charge in [0, 0.05) is 25.1 Å². The Morgan fingerprint density at radius 3 is 2.94 bits per heavy atom. The van der Waals surface area contributed by atoms with E-state index in [-0.39, 0.29) is 11.6 Å². The molecule has 3 nitrogen and oxygen atoms in total. The van der Waals surface area contributed by atoms with E-state index < -0.39 is 0 Å². The van der Waals surface area contributed by atoms with Crippen LogP contribution in [0.15, 0.2) is 24.3 Å². The van der Waals surface area contributed by atoms with E-state index in [0.717, 1.165) is 24.2 Å². The number of para-hydroxylation sites is 1. The lowest BCUT2D eigenvalue weighted by atomic mass is 9.86. The largest absolute Gasteiger partial charge is 0.484 e. The van der Waals surface area contributed by atoms with Crippen LogP contribution in [0.4, 0.5) is 0 Å². The van der Waals surface area contributed by atoms with Crippen LogP contribution in [0.5, 0.6) is 5.75 Å². The van der Waals surface area contributed by atoms with Crippen molar-refractivity contribution in [2.24, 2.45) is 5.73 Å². The zero-order valence-corrected chi connectivity index (χ0v) is 9.90. The first kappa shape index (κ1) is 11.4. The van der Waals surface area contributed by atoms with E-state index in [1.807, 2.05) is 24.3 Å². The van der Waals surface area contributed by atoms with Gasteiger partial charge in [-0.25, -0.2) is 0 Å². The monoisotopic (exact) mass is 221 g/mol. The smallest absolute Gasteiger partial charge is 0.134 e. The molecule has 0 aromatic heterocycles. The van der Waals surface area contributed by atoms with Crippen molar-refractivity contribution in [3.8, 4) is 5.75 Å². The van der Waals surface area contributed by atoms with Crippen molar-refractivity contribution in [3.05, 3.63) is 29.8 Å². The van der Waals surface area contributed by atoms with Crippen molar-refractivity contribution in [3.63, 3.8) is 0 Å². The van der Waals surface area contributed by atoms with Crippen molar-refractivity contribution in [2.75, 3.05) is 13.7 Å². The highest BCUT2D eigenvalue weighted by molar-refractivity contribution is 5.38. The van der Waals surface area contributed by atoms with E-state index >= 15 is 0 Å². The second-order valence-corrected chi connectivity index (χ2v) is 4.42. The fourth-order valence-corrected chi connectivity index (χ4v) is 2.34. The molecular weight excluding hydrogens is 202 g/mol. The van der Waals surface area contributed by atoms with E-state index in [9.17, 15) is 0 Å². The lowest BCUT2D eigenvalue weighted by molar-refractivity contribution is -0.0337. The molecule has 1 heterocycles. The maximum Gasteiger partial charge on any atom is 0.134 e. The van der Waals surface area contributed by atoms with Gasteiger partial charge in [-0.2, -0.15) is 0 Å². The number of rotatable bonds is 3. The van der Waals surface area contributed by atoms with E-state index in [2.05, 4.69) is 6.92 Å². The first-order chi connectivity index (χ1) is 7.71. The number of fused-ring (bicyclic) bond motifs is 1. The standard InChI is InChI=1S/C13H19NO2/c1-3-13(9-15-2)8-11(14)10-6-4-5-7-12(10)16-13/h4-7,11H,3,8-9,14H2,1-2H3/t11-,13?/m0/s1. The SMILES string of the molecule is CCC1(COC)C[C@H](N)c2ccccc2O1. The molecule has 0 saturated heterocycles. The molecule has 1 unspecified atom stereocenters. The van der Waals surface area contributed by atoms with Crippen LogP contribution >= 0.6 is 0 Å². The van der Waals surface area contributed by atoms with Gasteiger partial charge in [0.2, 0.25) is 0 Å². The van der Waals surface area contributed by atoms with Crippen LogP contribution in [0.3, 0.4) is 0 Å².